The van der Waals surface area contributed by atoms with Gasteiger partial charge in [-0.2, -0.15) is 0 Å². The van der Waals surface area contributed by atoms with Gasteiger partial charge < -0.3 is 20.0 Å². The average Bonchev–Trinajstić information content (AvgIpc) is 3.18. The van der Waals surface area contributed by atoms with Gasteiger partial charge in [0.25, 0.3) is 5.91 Å². The van der Waals surface area contributed by atoms with Crippen LogP contribution in [-0.4, -0.2) is 90.5 Å². The van der Waals surface area contributed by atoms with E-state index in [1.54, 1.807) is 12.1 Å². The number of piperazine rings is 1. The fourth-order valence-corrected chi connectivity index (χ4v) is 6.04. The van der Waals surface area contributed by atoms with E-state index in [1.165, 1.54) is 6.07 Å². The summed E-state index contributed by atoms with van der Waals surface area (Å²) < 4.78 is 14.9. The summed E-state index contributed by atoms with van der Waals surface area (Å²) in [6.45, 7) is 5.98. The molecule has 1 amide bonds. The van der Waals surface area contributed by atoms with Crippen molar-refractivity contribution in [2.24, 2.45) is 0 Å². The molecule has 2 aliphatic rings. The van der Waals surface area contributed by atoms with Crippen molar-refractivity contribution in [3.63, 3.8) is 0 Å². The molecule has 0 aliphatic carbocycles. The Kier molecular flexibility index (Phi) is 9.07. The van der Waals surface area contributed by atoms with Gasteiger partial charge in [-0.25, -0.2) is 14.4 Å². The number of hydrogen-bond donors (Lipinski definition) is 1. The van der Waals surface area contributed by atoms with Crippen LogP contribution in [-0.2, 0) is 6.42 Å². The van der Waals surface area contributed by atoms with E-state index in [2.05, 4.69) is 34.2 Å². The SMILES string of the molecule is CN(C)CCCN1CCN(C(=O)c2ccc(Nc3ncc4c(n3)-c3ccc(Cl)cc3N(c3ccccc3F)CC4)cc2)CC1. The molecule has 3 heterocycles. The standard InChI is InChI=1S/C34H37ClFN7O/c1-40(2)15-5-16-41-18-20-42(21-19-41)33(44)24-8-11-27(12-9-24)38-34-37-23-25-14-17-43(30-7-4-3-6-29(30)36)31-22-26(35)10-13-28(31)32(25)39-34/h3-4,6-13,22-23H,5,14-21H2,1-2H3,(H,37,38,39). The Morgan fingerprint density at radius 2 is 1.75 bits per heavy atom. The minimum absolute atomic E-state index is 0.0560. The number of carbonyl (C=O) groups excluding carboxylic acids is 1. The first-order valence-corrected chi connectivity index (χ1v) is 15.4. The highest BCUT2D eigenvalue weighted by Gasteiger charge is 2.25. The highest BCUT2D eigenvalue weighted by molar-refractivity contribution is 6.31. The molecule has 10 heteroatoms. The smallest absolute Gasteiger partial charge is 0.253 e. The van der Waals surface area contributed by atoms with Crippen LogP contribution in [0.1, 0.15) is 22.3 Å². The van der Waals surface area contributed by atoms with Gasteiger partial charge in [0.15, 0.2) is 0 Å². The van der Waals surface area contributed by atoms with Crippen LogP contribution in [0.3, 0.4) is 0 Å². The Bertz CT molecular complexity index is 1620. The van der Waals surface area contributed by atoms with Gasteiger partial charge in [0.1, 0.15) is 5.82 Å². The fraction of sp³-hybridized carbons (Fsp3) is 0.324. The zero-order valence-electron chi connectivity index (χ0n) is 25.1. The maximum absolute atomic E-state index is 14.9. The summed E-state index contributed by atoms with van der Waals surface area (Å²) in [4.78, 5) is 31.2. The molecule has 1 saturated heterocycles. The number of halogens is 2. The van der Waals surface area contributed by atoms with Crippen molar-refractivity contribution in [3.05, 3.63) is 94.9 Å². The maximum Gasteiger partial charge on any atom is 0.253 e. The molecule has 1 fully saturated rings. The lowest BCUT2D eigenvalue weighted by Crippen LogP contribution is -2.49. The summed E-state index contributed by atoms with van der Waals surface area (Å²) in [5.41, 5.74) is 5.34. The molecule has 44 heavy (non-hydrogen) atoms. The molecule has 3 aromatic carbocycles. The molecule has 2 aliphatic heterocycles. The van der Waals surface area contributed by atoms with Crippen molar-refractivity contribution in [2.45, 2.75) is 12.8 Å². The number of nitrogens with one attached hydrogen (secondary N) is 1. The van der Waals surface area contributed by atoms with Crippen molar-refractivity contribution < 1.29 is 9.18 Å². The number of benzene rings is 3. The molecule has 0 bridgehead atoms. The number of nitrogens with zero attached hydrogens (tertiary/aromatic N) is 6. The van der Waals surface area contributed by atoms with Crippen LogP contribution in [0.5, 0.6) is 0 Å². The van der Waals surface area contributed by atoms with Gasteiger partial charge in [-0.15, -0.1) is 0 Å². The quantitative estimate of drug-likeness (QED) is 0.258. The van der Waals surface area contributed by atoms with Gasteiger partial charge >= 0.3 is 0 Å². The summed E-state index contributed by atoms with van der Waals surface area (Å²) in [5, 5.41) is 3.86. The van der Waals surface area contributed by atoms with Crippen LogP contribution in [0.4, 0.5) is 27.4 Å². The first-order chi connectivity index (χ1) is 21.4. The van der Waals surface area contributed by atoms with E-state index in [0.29, 0.717) is 35.2 Å². The number of anilines is 4. The molecule has 0 radical (unpaired) electrons. The Morgan fingerprint density at radius 1 is 0.977 bits per heavy atom. The molecule has 6 rings (SSSR count). The van der Waals surface area contributed by atoms with Crippen molar-refractivity contribution in [1.29, 1.82) is 0 Å². The molecule has 8 nitrogen and oxygen atoms in total. The lowest BCUT2D eigenvalue weighted by molar-refractivity contribution is 0.0634. The second-order valence-electron chi connectivity index (χ2n) is 11.6. The van der Waals surface area contributed by atoms with Gasteiger partial charge in [0.2, 0.25) is 5.95 Å². The average molecular weight is 614 g/mol. The van der Waals surface area contributed by atoms with Crippen molar-refractivity contribution >= 4 is 40.5 Å². The van der Waals surface area contributed by atoms with E-state index in [-0.39, 0.29) is 11.7 Å². The van der Waals surface area contributed by atoms with E-state index >= 15 is 0 Å². The monoisotopic (exact) mass is 613 g/mol. The van der Waals surface area contributed by atoms with Crippen LogP contribution < -0.4 is 10.2 Å². The molecule has 228 valence electrons. The third-order valence-electron chi connectivity index (χ3n) is 8.25. The number of fused-ring (bicyclic) bond motifs is 3. The molecular formula is C34H37ClFN7O. The van der Waals surface area contributed by atoms with Crippen LogP contribution in [0, 0.1) is 5.82 Å². The van der Waals surface area contributed by atoms with Crippen LogP contribution in [0.15, 0.2) is 72.9 Å². The van der Waals surface area contributed by atoms with Crippen LogP contribution in [0.2, 0.25) is 5.02 Å². The first kappa shape index (κ1) is 30.0. The van der Waals surface area contributed by atoms with E-state index in [0.717, 1.165) is 73.9 Å². The molecule has 0 saturated carbocycles. The molecular weight excluding hydrogens is 577 g/mol. The first-order valence-electron chi connectivity index (χ1n) is 15.1. The highest BCUT2D eigenvalue weighted by atomic mass is 35.5. The number of para-hydroxylation sites is 1. The zero-order chi connectivity index (χ0) is 30.6. The number of aromatic nitrogens is 2. The molecule has 4 aromatic rings. The lowest BCUT2D eigenvalue weighted by atomic mass is 10.0. The third kappa shape index (κ3) is 6.70. The number of rotatable bonds is 8. The van der Waals surface area contributed by atoms with Gasteiger partial charge in [-0.3, -0.25) is 9.69 Å². The van der Waals surface area contributed by atoms with Crippen molar-refractivity contribution in [2.75, 3.05) is 70.1 Å². The highest BCUT2D eigenvalue weighted by Crippen LogP contribution is 2.41. The fourth-order valence-electron chi connectivity index (χ4n) is 5.88. The van der Waals surface area contributed by atoms with Crippen LogP contribution in [0.25, 0.3) is 11.3 Å². The van der Waals surface area contributed by atoms with Gasteiger partial charge in [0.05, 0.1) is 17.1 Å². The Hall–Kier alpha value is -4.05. The second-order valence-corrected chi connectivity index (χ2v) is 12.0. The van der Waals surface area contributed by atoms with Gasteiger partial charge in [-0.05, 0) is 100 Å². The van der Waals surface area contributed by atoms with E-state index in [9.17, 15) is 9.18 Å². The number of hydrogen-bond acceptors (Lipinski definition) is 7. The van der Waals surface area contributed by atoms with E-state index in [4.69, 9.17) is 16.6 Å². The summed E-state index contributed by atoms with van der Waals surface area (Å²) in [7, 11) is 4.19. The molecule has 0 unspecified atom stereocenters. The molecule has 1 N–H and O–H groups in total. The van der Waals surface area contributed by atoms with E-state index in [1.807, 2.05) is 64.5 Å². The third-order valence-corrected chi connectivity index (χ3v) is 8.48. The maximum atomic E-state index is 14.9. The minimum atomic E-state index is -0.294. The Balaban J connectivity index is 1.15. The minimum Gasteiger partial charge on any atom is -0.338 e. The summed E-state index contributed by atoms with van der Waals surface area (Å²) in [6, 6.07) is 19.8. The Labute approximate surface area is 263 Å². The van der Waals surface area contributed by atoms with Gasteiger partial charge in [-0.1, -0.05) is 23.7 Å². The lowest BCUT2D eigenvalue weighted by Gasteiger charge is -2.35. The molecule has 0 atom stereocenters. The van der Waals surface area contributed by atoms with Crippen molar-refractivity contribution in [3.8, 4) is 11.3 Å². The predicted octanol–water partition coefficient (Wildman–Crippen LogP) is 6.08. The zero-order valence-corrected chi connectivity index (χ0v) is 25.9. The normalized spacial score (nSPS) is 15.1. The number of amides is 1. The summed E-state index contributed by atoms with van der Waals surface area (Å²) in [6.07, 6.45) is 3.60. The Morgan fingerprint density at radius 3 is 2.50 bits per heavy atom. The summed E-state index contributed by atoms with van der Waals surface area (Å²) in [5.74, 6) is 0.200. The number of carbonyl (C=O) groups is 1. The second kappa shape index (κ2) is 13.3. The predicted molar refractivity (Wildman–Crippen MR) is 175 cm³/mol. The summed E-state index contributed by atoms with van der Waals surface area (Å²) >= 11 is 6.41. The molecule has 1 aromatic heterocycles. The van der Waals surface area contributed by atoms with Gasteiger partial charge in [0, 0.05) is 60.8 Å². The van der Waals surface area contributed by atoms with E-state index < -0.39 is 0 Å². The van der Waals surface area contributed by atoms with Crippen LogP contribution >= 0.6 is 11.6 Å². The largest absolute Gasteiger partial charge is 0.338 e. The molecule has 0 spiro atoms. The topological polar surface area (TPSA) is 67.8 Å². The van der Waals surface area contributed by atoms with Crippen molar-refractivity contribution in [1.82, 2.24) is 24.7 Å².